The fourth-order valence-electron chi connectivity index (χ4n) is 4.13. The van der Waals surface area contributed by atoms with Gasteiger partial charge in [0.05, 0.1) is 0 Å². The third kappa shape index (κ3) is 3.73. The Morgan fingerprint density at radius 1 is 1.04 bits per heavy atom. The summed E-state index contributed by atoms with van der Waals surface area (Å²) >= 11 is 1.54. The average Bonchev–Trinajstić information content (AvgIpc) is 3.40. The smallest absolute Gasteiger partial charge is 0.268 e. The summed E-state index contributed by atoms with van der Waals surface area (Å²) in [6.07, 6.45) is 6.55. The molecule has 0 radical (unpaired) electrons. The number of carbonyl (C=O) groups excluding carboxylic acids is 2. The van der Waals surface area contributed by atoms with E-state index in [2.05, 4.69) is 10.6 Å². The van der Waals surface area contributed by atoms with Gasteiger partial charge < -0.3 is 10.6 Å². The Kier molecular flexibility index (Phi) is 4.89. The van der Waals surface area contributed by atoms with Gasteiger partial charge in [0.2, 0.25) is 0 Å². The maximum atomic E-state index is 12.9. The number of hydrogen-bond acceptors (Lipinski definition) is 3. The zero-order chi connectivity index (χ0) is 17.9. The molecule has 2 aromatic rings. The first kappa shape index (κ1) is 17.0. The third-order valence-corrected chi connectivity index (χ3v) is 6.23. The minimum atomic E-state index is -0.267. The Bertz CT molecular complexity index is 814. The van der Waals surface area contributed by atoms with E-state index in [1.807, 2.05) is 35.7 Å². The lowest BCUT2D eigenvalue weighted by molar-refractivity contribution is -0.118. The highest BCUT2D eigenvalue weighted by atomic mass is 32.1. The summed E-state index contributed by atoms with van der Waals surface area (Å²) in [7, 11) is 0. The molecule has 0 aliphatic heterocycles. The van der Waals surface area contributed by atoms with Gasteiger partial charge in [-0.3, -0.25) is 9.59 Å². The third-order valence-electron chi connectivity index (χ3n) is 5.41. The second-order valence-electron chi connectivity index (χ2n) is 7.15. The highest BCUT2D eigenvalue weighted by molar-refractivity contribution is 7.10. The molecule has 2 aliphatic carbocycles. The molecule has 0 unspecified atom stereocenters. The Labute approximate surface area is 157 Å². The maximum Gasteiger partial charge on any atom is 0.268 e. The highest BCUT2D eigenvalue weighted by Gasteiger charge is 2.40. The molecule has 2 bridgehead atoms. The van der Waals surface area contributed by atoms with Crippen LogP contribution in [-0.4, -0.2) is 17.9 Å². The molecule has 5 heteroatoms. The largest absolute Gasteiger partial charge is 0.348 e. The van der Waals surface area contributed by atoms with Crippen molar-refractivity contribution in [3.05, 3.63) is 64.0 Å². The van der Waals surface area contributed by atoms with E-state index in [4.69, 9.17) is 0 Å². The molecule has 0 saturated heterocycles. The van der Waals surface area contributed by atoms with Crippen LogP contribution >= 0.6 is 11.3 Å². The van der Waals surface area contributed by atoms with Crippen LogP contribution in [0.4, 0.5) is 0 Å². The van der Waals surface area contributed by atoms with Gasteiger partial charge in [-0.25, -0.2) is 0 Å². The summed E-state index contributed by atoms with van der Waals surface area (Å²) in [5.41, 5.74) is 0.848. The molecule has 2 aliphatic rings. The minimum absolute atomic E-state index is 0.194. The molecule has 2 saturated carbocycles. The van der Waals surface area contributed by atoms with E-state index in [0.29, 0.717) is 17.2 Å². The summed E-state index contributed by atoms with van der Waals surface area (Å²) in [4.78, 5) is 26.3. The summed E-state index contributed by atoms with van der Waals surface area (Å²) in [5, 5.41) is 7.92. The monoisotopic (exact) mass is 366 g/mol. The normalized spacial score (nSPS) is 24.5. The number of carbonyl (C=O) groups is 2. The van der Waals surface area contributed by atoms with Crippen LogP contribution in [-0.2, 0) is 4.79 Å². The molecular weight excluding hydrogens is 344 g/mol. The van der Waals surface area contributed by atoms with Crippen molar-refractivity contribution in [3.8, 4) is 0 Å². The lowest BCUT2D eigenvalue weighted by Crippen LogP contribution is -2.42. The summed E-state index contributed by atoms with van der Waals surface area (Å²) in [6, 6.07) is 13.1. The zero-order valence-corrected chi connectivity index (χ0v) is 15.3. The molecule has 1 aromatic carbocycles. The molecule has 4 rings (SSSR count). The van der Waals surface area contributed by atoms with E-state index in [9.17, 15) is 9.59 Å². The number of nitrogens with one attached hydrogen (secondary N) is 2. The van der Waals surface area contributed by atoms with Crippen LogP contribution in [0.3, 0.4) is 0 Å². The SMILES string of the molecule is O=C(N[C@@H]1C[C@H]2CC[C@@H]1C2)/C(=C/c1cccs1)NC(=O)c1ccccc1. The van der Waals surface area contributed by atoms with Crippen LogP contribution in [0.25, 0.3) is 6.08 Å². The van der Waals surface area contributed by atoms with E-state index < -0.39 is 0 Å². The van der Waals surface area contributed by atoms with Gasteiger partial charge >= 0.3 is 0 Å². The van der Waals surface area contributed by atoms with E-state index in [-0.39, 0.29) is 17.9 Å². The van der Waals surface area contributed by atoms with Crippen molar-refractivity contribution in [2.45, 2.75) is 31.7 Å². The molecule has 2 N–H and O–H groups in total. The summed E-state index contributed by atoms with van der Waals surface area (Å²) < 4.78 is 0. The second-order valence-corrected chi connectivity index (χ2v) is 8.13. The number of rotatable bonds is 5. The van der Waals surface area contributed by atoms with Gasteiger partial charge in [-0.05, 0) is 60.8 Å². The number of hydrogen-bond donors (Lipinski definition) is 2. The average molecular weight is 366 g/mol. The van der Waals surface area contributed by atoms with Crippen molar-refractivity contribution < 1.29 is 9.59 Å². The van der Waals surface area contributed by atoms with Gasteiger partial charge in [0.1, 0.15) is 5.70 Å². The fourth-order valence-corrected chi connectivity index (χ4v) is 4.78. The van der Waals surface area contributed by atoms with Gasteiger partial charge in [-0.15, -0.1) is 11.3 Å². The van der Waals surface area contributed by atoms with Crippen molar-refractivity contribution in [1.82, 2.24) is 10.6 Å². The van der Waals surface area contributed by atoms with Crippen LogP contribution in [0.15, 0.2) is 53.5 Å². The molecule has 4 nitrogen and oxygen atoms in total. The first-order valence-corrected chi connectivity index (χ1v) is 9.99. The van der Waals surface area contributed by atoms with Gasteiger partial charge in [0.15, 0.2) is 0 Å². The Hall–Kier alpha value is -2.40. The molecule has 134 valence electrons. The summed E-state index contributed by atoms with van der Waals surface area (Å²) in [6.45, 7) is 0. The highest BCUT2D eigenvalue weighted by Crippen LogP contribution is 2.44. The van der Waals surface area contributed by atoms with Crippen molar-refractivity contribution in [2.24, 2.45) is 11.8 Å². The zero-order valence-electron chi connectivity index (χ0n) is 14.5. The summed E-state index contributed by atoms with van der Waals surface area (Å²) in [5.74, 6) is 0.891. The van der Waals surface area contributed by atoms with Crippen molar-refractivity contribution in [1.29, 1.82) is 0 Å². The fraction of sp³-hybridized carbons (Fsp3) is 0.333. The molecule has 3 atom stereocenters. The van der Waals surface area contributed by atoms with Crippen LogP contribution in [0.5, 0.6) is 0 Å². The molecule has 1 aromatic heterocycles. The molecule has 2 fully saturated rings. The maximum absolute atomic E-state index is 12.9. The van der Waals surface area contributed by atoms with Crippen LogP contribution in [0, 0.1) is 11.8 Å². The van der Waals surface area contributed by atoms with E-state index in [0.717, 1.165) is 17.2 Å². The Balaban J connectivity index is 1.51. The molecule has 2 amide bonds. The van der Waals surface area contributed by atoms with Gasteiger partial charge in [-0.1, -0.05) is 30.7 Å². The predicted molar refractivity (Wildman–Crippen MR) is 104 cm³/mol. The number of thiophene rings is 1. The molecule has 1 heterocycles. The van der Waals surface area contributed by atoms with Crippen LogP contribution in [0.1, 0.15) is 40.9 Å². The Morgan fingerprint density at radius 3 is 2.54 bits per heavy atom. The Morgan fingerprint density at radius 2 is 1.88 bits per heavy atom. The van der Waals surface area contributed by atoms with Crippen molar-refractivity contribution >= 4 is 29.2 Å². The lowest BCUT2D eigenvalue weighted by Gasteiger charge is -2.23. The van der Waals surface area contributed by atoms with E-state index >= 15 is 0 Å². The van der Waals surface area contributed by atoms with Gasteiger partial charge in [-0.2, -0.15) is 0 Å². The lowest BCUT2D eigenvalue weighted by atomic mass is 9.95. The molecular formula is C21H22N2O2S. The van der Waals surface area contributed by atoms with Crippen LogP contribution < -0.4 is 10.6 Å². The van der Waals surface area contributed by atoms with Crippen LogP contribution in [0.2, 0.25) is 0 Å². The first-order valence-electron chi connectivity index (χ1n) is 9.11. The quantitative estimate of drug-likeness (QED) is 0.790. The van der Waals surface area contributed by atoms with Gasteiger partial charge in [0.25, 0.3) is 11.8 Å². The first-order chi connectivity index (χ1) is 12.7. The number of benzene rings is 1. The number of fused-ring (bicyclic) bond motifs is 2. The van der Waals surface area contributed by atoms with E-state index in [1.54, 1.807) is 18.2 Å². The molecule has 0 spiro atoms. The van der Waals surface area contributed by atoms with Gasteiger partial charge in [0, 0.05) is 16.5 Å². The minimum Gasteiger partial charge on any atom is -0.348 e. The standard InChI is InChI=1S/C21H22N2O2S/c24-20(15-5-2-1-3-6-15)23-19(13-17-7-4-10-26-17)21(25)22-18-12-14-8-9-16(18)11-14/h1-7,10,13-14,16,18H,8-9,11-12H2,(H,22,25)(H,23,24)/b19-13-/t14-,16+,18+/m0/s1. The number of amides is 2. The molecule has 26 heavy (non-hydrogen) atoms. The van der Waals surface area contributed by atoms with Crippen molar-refractivity contribution in [2.75, 3.05) is 0 Å². The second kappa shape index (κ2) is 7.46. The van der Waals surface area contributed by atoms with E-state index in [1.165, 1.54) is 30.6 Å². The predicted octanol–water partition coefficient (Wildman–Crippen LogP) is 3.82. The topological polar surface area (TPSA) is 58.2 Å². The van der Waals surface area contributed by atoms with Crippen molar-refractivity contribution in [3.63, 3.8) is 0 Å².